The minimum absolute atomic E-state index is 0.125. The molecular weight excluding hydrogens is 536 g/mol. The monoisotopic (exact) mass is 564 g/mol. The number of nitrogens with zero attached hydrogens (tertiary/aromatic N) is 4. The highest BCUT2D eigenvalue weighted by atomic mass is 32.2. The van der Waals surface area contributed by atoms with Crippen LogP contribution < -0.4 is 19.5 Å². The van der Waals surface area contributed by atoms with Crippen molar-refractivity contribution in [1.82, 2.24) is 19.9 Å². The van der Waals surface area contributed by atoms with Crippen molar-refractivity contribution in [2.24, 2.45) is 9.98 Å². The largest absolute Gasteiger partial charge is 0.491 e. The lowest BCUT2D eigenvalue weighted by atomic mass is 10.1. The molecule has 1 amide bonds. The first-order valence-corrected chi connectivity index (χ1v) is 14.0. The van der Waals surface area contributed by atoms with Crippen LogP contribution in [0.5, 0.6) is 11.5 Å². The number of pyridine rings is 1. The molecule has 3 aromatic rings. The van der Waals surface area contributed by atoms with Crippen molar-refractivity contribution in [3.63, 3.8) is 0 Å². The molecule has 5 rings (SSSR count). The zero-order valence-electron chi connectivity index (χ0n) is 21.7. The molecule has 12 nitrogen and oxygen atoms in total. The zero-order chi connectivity index (χ0) is 28.0. The molecule has 0 atom stereocenters. The van der Waals surface area contributed by atoms with E-state index in [1.165, 1.54) is 25.4 Å². The molecule has 2 aromatic carbocycles. The number of nitrogens with one attached hydrogen (secondary N) is 2. The van der Waals surface area contributed by atoms with E-state index in [2.05, 4.69) is 20.0 Å². The summed E-state index contributed by atoms with van der Waals surface area (Å²) in [4.78, 5) is 28.2. The van der Waals surface area contributed by atoms with E-state index in [1.807, 2.05) is 11.0 Å². The topological polar surface area (TPSA) is 144 Å². The van der Waals surface area contributed by atoms with E-state index in [1.54, 1.807) is 42.6 Å². The van der Waals surface area contributed by atoms with Gasteiger partial charge in [0, 0.05) is 31.0 Å². The van der Waals surface area contributed by atoms with Crippen LogP contribution in [0, 0.1) is 0 Å². The molecule has 2 N–H and O–H groups in total. The van der Waals surface area contributed by atoms with E-state index in [4.69, 9.17) is 19.2 Å². The van der Waals surface area contributed by atoms with E-state index in [0.717, 1.165) is 5.56 Å². The lowest BCUT2D eigenvalue weighted by Gasteiger charge is -2.28. The number of aromatic nitrogens is 1. The third-order valence-corrected chi connectivity index (χ3v) is 7.56. The number of carbonyl (C=O) groups is 1. The molecule has 0 unspecified atom stereocenters. The number of carbonyl (C=O) groups excluding carboxylic acids is 1. The third-order valence-electron chi connectivity index (χ3n) is 6.08. The molecule has 0 saturated heterocycles. The molecule has 0 fully saturated rings. The van der Waals surface area contributed by atoms with Gasteiger partial charge in [0.25, 0.3) is 5.91 Å². The first-order valence-electron chi connectivity index (χ1n) is 12.6. The maximum absolute atomic E-state index is 12.8. The summed E-state index contributed by atoms with van der Waals surface area (Å²) in [5.74, 6) is 1.54. The second-order valence-corrected chi connectivity index (χ2v) is 10.4. The van der Waals surface area contributed by atoms with Crippen molar-refractivity contribution in [2.45, 2.75) is 4.90 Å². The van der Waals surface area contributed by atoms with Crippen LogP contribution in [0.2, 0.25) is 0 Å². The molecule has 0 radical (unpaired) electrons. The maximum Gasteiger partial charge on any atom is 0.259 e. The number of amidine groups is 1. The van der Waals surface area contributed by atoms with Crippen LogP contribution >= 0.6 is 0 Å². The fourth-order valence-electron chi connectivity index (χ4n) is 4.22. The van der Waals surface area contributed by atoms with Crippen molar-refractivity contribution in [3.8, 4) is 11.5 Å². The highest BCUT2D eigenvalue weighted by molar-refractivity contribution is 7.89. The standard InChI is InChI=1S/C27H28N6O6S/c1-37-24-22(39-17-16-38-15-13-30-40(35,36)20-7-3-2-4-8-20)10-9-21-23(24)31-27(33-14-12-29-25(21)33)32-26(34)19-6-5-11-28-18-19/h2-11,18,30H,12-17H2,1H3,(H,31,32,34). The van der Waals surface area contributed by atoms with E-state index >= 15 is 0 Å². The first-order chi connectivity index (χ1) is 19.5. The number of guanidine groups is 1. The summed E-state index contributed by atoms with van der Waals surface area (Å²) in [6, 6.07) is 15.1. The van der Waals surface area contributed by atoms with E-state index < -0.39 is 10.0 Å². The number of aliphatic imine (C=N–C) groups is 2. The lowest BCUT2D eigenvalue weighted by Crippen LogP contribution is -2.47. The average molecular weight is 565 g/mol. The predicted octanol–water partition coefficient (Wildman–Crippen LogP) is 1.96. The number of hydrogen-bond acceptors (Lipinski definition) is 10. The van der Waals surface area contributed by atoms with Gasteiger partial charge in [0.05, 0.1) is 37.3 Å². The number of methoxy groups -OCH3 is 1. The summed E-state index contributed by atoms with van der Waals surface area (Å²) in [5.41, 5.74) is 1.67. The number of amides is 1. The fourth-order valence-corrected chi connectivity index (χ4v) is 5.25. The van der Waals surface area contributed by atoms with E-state index in [9.17, 15) is 13.2 Å². The van der Waals surface area contributed by atoms with Crippen molar-refractivity contribution < 1.29 is 27.4 Å². The summed E-state index contributed by atoms with van der Waals surface area (Å²) >= 11 is 0. The molecule has 40 heavy (non-hydrogen) atoms. The van der Waals surface area contributed by atoms with Crippen molar-refractivity contribution in [1.29, 1.82) is 0 Å². The number of fused-ring (bicyclic) bond motifs is 3. The average Bonchev–Trinajstić information content (AvgIpc) is 3.48. The normalized spacial score (nSPS) is 14.1. The number of hydrogen-bond donors (Lipinski definition) is 2. The van der Waals surface area contributed by atoms with Gasteiger partial charge in [-0.15, -0.1) is 0 Å². The molecule has 13 heteroatoms. The Morgan fingerprint density at radius 2 is 1.90 bits per heavy atom. The van der Waals surface area contributed by atoms with Crippen LogP contribution in [0.1, 0.15) is 15.9 Å². The van der Waals surface area contributed by atoms with Crippen LogP contribution in [0.3, 0.4) is 0 Å². The third kappa shape index (κ3) is 5.96. The van der Waals surface area contributed by atoms with Crippen LogP contribution in [-0.4, -0.2) is 82.6 Å². The number of sulfonamides is 1. The van der Waals surface area contributed by atoms with Crippen LogP contribution in [-0.2, 0) is 14.8 Å². The highest BCUT2D eigenvalue weighted by Gasteiger charge is 2.33. The van der Waals surface area contributed by atoms with Gasteiger partial charge in [-0.2, -0.15) is 0 Å². The summed E-state index contributed by atoms with van der Waals surface area (Å²) < 4.78 is 44.1. The minimum Gasteiger partial charge on any atom is -0.491 e. The molecule has 3 heterocycles. The molecule has 0 aliphatic carbocycles. The molecule has 2 aliphatic heterocycles. The minimum atomic E-state index is -3.58. The van der Waals surface area contributed by atoms with Crippen molar-refractivity contribution >= 4 is 33.4 Å². The molecule has 1 aromatic heterocycles. The van der Waals surface area contributed by atoms with Gasteiger partial charge in [-0.25, -0.2) is 18.1 Å². The Hall–Kier alpha value is -4.33. The number of ether oxygens (including phenoxy) is 3. The molecule has 2 aliphatic rings. The van der Waals surface area contributed by atoms with Gasteiger partial charge in [-0.3, -0.25) is 25.0 Å². The van der Waals surface area contributed by atoms with E-state index in [0.29, 0.717) is 47.6 Å². The summed E-state index contributed by atoms with van der Waals surface area (Å²) in [7, 11) is -2.06. The second kappa shape index (κ2) is 12.2. The van der Waals surface area contributed by atoms with Gasteiger partial charge in [0.15, 0.2) is 11.5 Å². The molecular formula is C27H28N6O6S. The summed E-state index contributed by atoms with van der Waals surface area (Å²) in [5, 5.41) is 2.86. The molecule has 208 valence electrons. The lowest BCUT2D eigenvalue weighted by molar-refractivity contribution is 0.0973. The number of rotatable bonds is 11. The summed E-state index contributed by atoms with van der Waals surface area (Å²) in [6.07, 6.45) is 3.08. The van der Waals surface area contributed by atoms with Gasteiger partial charge >= 0.3 is 0 Å². The Morgan fingerprint density at radius 3 is 2.67 bits per heavy atom. The number of benzene rings is 2. The molecule has 0 spiro atoms. The van der Waals surface area contributed by atoms with Crippen LogP contribution in [0.15, 0.2) is 81.9 Å². The maximum atomic E-state index is 12.8. The Kier molecular flexibility index (Phi) is 8.34. The van der Waals surface area contributed by atoms with Crippen molar-refractivity contribution in [3.05, 3.63) is 78.1 Å². The Bertz CT molecular complexity index is 1530. The summed E-state index contributed by atoms with van der Waals surface area (Å²) in [6.45, 7) is 1.87. The Balaban J connectivity index is 1.21. The smallest absolute Gasteiger partial charge is 0.259 e. The van der Waals surface area contributed by atoms with Crippen molar-refractivity contribution in [2.75, 3.05) is 46.6 Å². The Labute approximate surface area is 231 Å². The van der Waals surface area contributed by atoms with Gasteiger partial charge in [-0.05, 0) is 36.4 Å². The zero-order valence-corrected chi connectivity index (χ0v) is 22.6. The SMILES string of the molecule is COc1c(OCCOCCNS(=O)(=O)c2ccccc2)ccc2c1N=C(NC(=O)c1cccnc1)N1CCN=C21. The molecule has 0 bridgehead atoms. The Morgan fingerprint density at radius 1 is 1.05 bits per heavy atom. The molecule has 0 saturated carbocycles. The van der Waals surface area contributed by atoms with Crippen LogP contribution in [0.4, 0.5) is 5.69 Å². The van der Waals surface area contributed by atoms with Crippen LogP contribution in [0.25, 0.3) is 0 Å². The highest BCUT2D eigenvalue weighted by Crippen LogP contribution is 2.43. The van der Waals surface area contributed by atoms with E-state index in [-0.39, 0.29) is 37.2 Å². The van der Waals surface area contributed by atoms with Gasteiger partial charge < -0.3 is 14.2 Å². The fraction of sp³-hybridized carbons (Fsp3) is 0.259. The predicted molar refractivity (Wildman–Crippen MR) is 148 cm³/mol. The second-order valence-electron chi connectivity index (χ2n) is 8.65. The quantitative estimate of drug-likeness (QED) is 0.337. The van der Waals surface area contributed by atoms with Gasteiger partial charge in [0.1, 0.15) is 18.1 Å². The first kappa shape index (κ1) is 27.2. The van der Waals surface area contributed by atoms with Gasteiger partial charge in [0.2, 0.25) is 16.0 Å². The van der Waals surface area contributed by atoms with Gasteiger partial charge in [-0.1, -0.05) is 18.2 Å².